The molecule has 0 radical (unpaired) electrons. The van der Waals surface area contributed by atoms with Gasteiger partial charge in [-0.05, 0) is 32.0 Å². The summed E-state index contributed by atoms with van der Waals surface area (Å²) in [6.07, 6.45) is 2.13. The average molecular weight is 330 g/mol. The molecule has 0 aromatic heterocycles. The summed E-state index contributed by atoms with van der Waals surface area (Å²) in [5.41, 5.74) is 0.306. The Morgan fingerprint density at radius 2 is 2.19 bits per heavy atom. The van der Waals surface area contributed by atoms with E-state index >= 15 is 0 Å². The van der Waals surface area contributed by atoms with Gasteiger partial charge in [0.05, 0.1) is 21.4 Å². The number of amides is 1. The number of carbonyl (C=O) groups is 1. The van der Waals surface area contributed by atoms with Gasteiger partial charge in [0.15, 0.2) is 0 Å². The van der Waals surface area contributed by atoms with Crippen LogP contribution < -0.4 is 10.6 Å². The largest absolute Gasteiger partial charge is 0.324 e. The Hall–Kier alpha value is -1.31. The van der Waals surface area contributed by atoms with E-state index in [0.717, 1.165) is 25.9 Å². The van der Waals surface area contributed by atoms with Crippen LogP contribution in [0.3, 0.4) is 0 Å². The van der Waals surface area contributed by atoms with Crippen molar-refractivity contribution in [2.75, 3.05) is 24.2 Å². The SMILES string of the molecule is O=C(CSC1CCNCC1)Nc1ccc([N+](=O)[O-])cc1Cl. The average Bonchev–Trinajstić information content (AvgIpc) is 2.48. The Bertz CT molecular complexity index is 535. The van der Waals surface area contributed by atoms with Crippen LogP contribution in [0.25, 0.3) is 0 Å². The lowest BCUT2D eigenvalue weighted by molar-refractivity contribution is -0.384. The first kappa shape index (κ1) is 16.1. The third-order valence-corrected chi connectivity index (χ3v) is 4.86. The van der Waals surface area contributed by atoms with E-state index in [1.54, 1.807) is 11.8 Å². The molecule has 2 rings (SSSR count). The van der Waals surface area contributed by atoms with Gasteiger partial charge in [-0.25, -0.2) is 0 Å². The van der Waals surface area contributed by atoms with Crippen LogP contribution in [-0.2, 0) is 4.79 Å². The number of benzene rings is 1. The molecule has 0 spiro atoms. The van der Waals surface area contributed by atoms with Crippen molar-refractivity contribution in [2.24, 2.45) is 0 Å². The number of rotatable bonds is 5. The molecule has 21 heavy (non-hydrogen) atoms. The molecule has 0 atom stereocenters. The summed E-state index contributed by atoms with van der Waals surface area (Å²) in [6.45, 7) is 1.99. The van der Waals surface area contributed by atoms with Crippen LogP contribution in [0.5, 0.6) is 0 Å². The molecule has 8 heteroatoms. The molecule has 1 aliphatic rings. The Morgan fingerprint density at radius 3 is 2.81 bits per heavy atom. The zero-order valence-electron chi connectivity index (χ0n) is 11.3. The van der Waals surface area contributed by atoms with Gasteiger partial charge in [0.25, 0.3) is 5.69 Å². The number of halogens is 1. The third-order valence-electron chi connectivity index (χ3n) is 3.17. The van der Waals surface area contributed by atoms with Gasteiger partial charge in [-0.3, -0.25) is 14.9 Å². The molecular formula is C13H16ClN3O3S. The van der Waals surface area contributed by atoms with Gasteiger partial charge < -0.3 is 10.6 Å². The van der Waals surface area contributed by atoms with Crippen LogP contribution in [0.15, 0.2) is 18.2 Å². The molecule has 0 unspecified atom stereocenters. The molecule has 114 valence electrons. The first-order valence-corrected chi connectivity index (χ1v) is 8.05. The van der Waals surface area contributed by atoms with Gasteiger partial charge in [-0.2, -0.15) is 0 Å². The second-order valence-electron chi connectivity index (χ2n) is 4.73. The quantitative estimate of drug-likeness (QED) is 0.641. The number of anilines is 1. The van der Waals surface area contributed by atoms with E-state index in [1.165, 1.54) is 18.2 Å². The van der Waals surface area contributed by atoms with Gasteiger partial charge in [0.1, 0.15) is 0 Å². The zero-order chi connectivity index (χ0) is 15.2. The molecule has 0 saturated carbocycles. The maximum absolute atomic E-state index is 11.9. The normalized spacial score (nSPS) is 15.7. The van der Waals surface area contributed by atoms with Crippen molar-refractivity contribution in [1.29, 1.82) is 0 Å². The van der Waals surface area contributed by atoms with Crippen molar-refractivity contribution in [3.05, 3.63) is 33.3 Å². The summed E-state index contributed by atoms with van der Waals surface area (Å²) in [4.78, 5) is 22.0. The fourth-order valence-corrected chi connectivity index (χ4v) is 3.31. The van der Waals surface area contributed by atoms with E-state index < -0.39 is 4.92 Å². The lowest BCUT2D eigenvalue weighted by Crippen LogP contribution is -2.30. The topological polar surface area (TPSA) is 84.3 Å². The molecule has 0 aliphatic carbocycles. The van der Waals surface area contributed by atoms with Crippen molar-refractivity contribution < 1.29 is 9.72 Å². The fraction of sp³-hybridized carbons (Fsp3) is 0.462. The van der Waals surface area contributed by atoms with Crippen LogP contribution in [-0.4, -0.2) is 34.9 Å². The minimum Gasteiger partial charge on any atom is -0.324 e. The van der Waals surface area contributed by atoms with Gasteiger partial charge in [-0.15, -0.1) is 11.8 Å². The molecule has 1 aromatic rings. The molecule has 1 amide bonds. The van der Waals surface area contributed by atoms with Crippen molar-refractivity contribution >= 4 is 40.6 Å². The van der Waals surface area contributed by atoms with Crippen LogP contribution in [0.2, 0.25) is 5.02 Å². The maximum Gasteiger partial charge on any atom is 0.271 e. The van der Waals surface area contributed by atoms with Gasteiger partial charge >= 0.3 is 0 Å². The number of piperidine rings is 1. The number of hydrogen-bond donors (Lipinski definition) is 2. The van der Waals surface area contributed by atoms with Crippen molar-refractivity contribution in [2.45, 2.75) is 18.1 Å². The summed E-state index contributed by atoms with van der Waals surface area (Å²) in [6, 6.07) is 4.01. The van der Waals surface area contributed by atoms with E-state index in [0.29, 0.717) is 16.7 Å². The third kappa shape index (κ3) is 4.87. The van der Waals surface area contributed by atoms with E-state index in [4.69, 9.17) is 11.6 Å². The number of thioether (sulfide) groups is 1. The maximum atomic E-state index is 11.9. The van der Waals surface area contributed by atoms with E-state index in [9.17, 15) is 14.9 Å². The highest BCUT2D eigenvalue weighted by molar-refractivity contribution is 8.00. The number of nitro groups is 1. The van der Waals surface area contributed by atoms with Gasteiger partial charge in [-0.1, -0.05) is 11.6 Å². The molecule has 0 bridgehead atoms. The fourth-order valence-electron chi connectivity index (χ4n) is 2.06. The summed E-state index contributed by atoms with van der Waals surface area (Å²) >= 11 is 7.57. The molecule has 1 aliphatic heterocycles. The van der Waals surface area contributed by atoms with Crippen LogP contribution in [0.4, 0.5) is 11.4 Å². The predicted molar refractivity (Wildman–Crippen MR) is 85.1 cm³/mol. The van der Waals surface area contributed by atoms with E-state index in [-0.39, 0.29) is 16.6 Å². The number of carbonyl (C=O) groups excluding carboxylic acids is 1. The Labute approximate surface area is 131 Å². The number of nitrogens with one attached hydrogen (secondary N) is 2. The highest BCUT2D eigenvalue weighted by atomic mass is 35.5. The van der Waals surface area contributed by atoms with Gasteiger partial charge in [0.2, 0.25) is 5.91 Å². The Balaban J connectivity index is 1.85. The number of non-ortho nitro benzene ring substituents is 1. The highest BCUT2D eigenvalue weighted by Gasteiger charge is 2.16. The van der Waals surface area contributed by atoms with Crippen molar-refractivity contribution in [3.8, 4) is 0 Å². The van der Waals surface area contributed by atoms with Crippen LogP contribution in [0, 0.1) is 10.1 Å². The molecular weight excluding hydrogens is 314 g/mol. The molecule has 1 saturated heterocycles. The minimum absolute atomic E-state index is 0.0953. The predicted octanol–water partition coefficient (Wildman–Crippen LogP) is 2.67. The first-order valence-electron chi connectivity index (χ1n) is 6.62. The number of nitrogens with zero attached hydrogens (tertiary/aromatic N) is 1. The van der Waals surface area contributed by atoms with Crippen molar-refractivity contribution in [1.82, 2.24) is 5.32 Å². The summed E-state index contributed by atoms with van der Waals surface area (Å²) in [5.74, 6) is 0.215. The van der Waals surface area contributed by atoms with Gasteiger partial charge in [0, 0.05) is 17.4 Å². The second kappa shape index (κ2) is 7.63. The molecule has 1 aromatic carbocycles. The van der Waals surface area contributed by atoms with Crippen molar-refractivity contribution in [3.63, 3.8) is 0 Å². The molecule has 2 N–H and O–H groups in total. The molecule has 1 fully saturated rings. The smallest absolute Gasteiger partial charge is 0.271 e. The lowest BCUT2D eigenvalue weighted by Gasteiger charge is -2.21. The Morgan fingerprint density at radius 1 is 1.48 bits per heavy atom. The van der Waals surface area contributed by atoms with Crippen LogP contribution in [0.1, 0.15) is 12.8 Å². The summed E-state index contributed by atoms with van der Waals surface area (Å²) in [7, 11) is 0. The standard InChI is InChI=1S/C13H16ClN3O3S/c14-11-7-9(17(19)20)1-2-12(11)16-13(18)8-21-10-3-5-15-6-4-10/h1-2,7,10,15H,3-6,8H2,(H,16,18). The zero-order valence-corrected chi connectivity index (χ0v) is 12.9. The number of hydrogen-bond acceptors (Lipinski definition) is 5. The molecule has 1 heterocycles. The van der Waals surface area contributed by atoms with E-state index in [2.05, 4.69) is 10.6 Å². The van der Waals surface area contributed by atoms with E-state index in [1.807, 2.05) is 0 Å². The van der Waals surface area contributed by atoms with Crippen LogP contribution >= 0.6 is 23.4 Å². The monoisotopic (exact) mass is 329 g/mol. The molecule has 6 nitrogen and oxygen atoms in total. The second-order valence-corrected chi connectivity index (χ2v) is 6.43. The first-order chi connectivity index (χ1) is 10.1. The summed E-state index contributed by atoms with van der Waals surface area (Å²) < 4.78 is 0. The summed E-state index contributed by atoms with van der Waals surface area (Å²) in [5, 5.41) is 17.3. The number of nitro benzene ring substituents is 1. The Kier molecular flexibility index (Phi) is 5.84. The minimum atomic E-state index is -0.523. The highest BCUT2D eigenvalue weighted by Crippen LogP contribution is 2.27. The lowest BCUT2D eigenvalue weighted by atomic mass is 10.2.